The normalized spacial score (nSPS) is 10.8. The summed E-state index contributed by atoms with van der Waals surface area (Å²) in [6.45, 7) is 0. The highest BCUT2D eigenvalue weighted by molar-refractivity contribution is 5.70. The average molecular weight is 193 g/mol. The third-order valence-electron chi connectivity index (χ3n) is 2.05. The summed E-state index contributed by atoms with van der Waals surface area (Å²) in [5.41, 5.74) is 0.783. The Bertz CT molecular complexity index is 524. The van der Waals surface area contributed by atoms with E-state index in [0.717, 1.165) is 0 Å². The van der Waals surface area contributed by atoms with E-state index in [4.69, 9.17) is 0 Å². The van der Waals surface area contributed by atoms with Crippen LogP contribution in [0.5, 0.6) is 0 Å². The van der Waals surface area contributed by atoms with Crippen molar-refractivity contribution < 1.29 is 0 Å². The average Bonchev–Trinajstić information content (AvgIpc) is 2.59. The molecule has 0 fully saturated rings. The van der Waals surface area contributed by atoms with E-state index in [9.17, 15) is 4.79 Å². The molecule has 0 bridgehead atoms. The number of aromatic nitrogens is 4. The Morgan fingerprint density at radius 2 is 2.21 bits per heavy atom. The molecule has 0 spiro atoms. The van der Waals surface area contributed by atoms with Crippen LogP contribution in [0.2, 0.25) is 0 Å². The summed E-state index contributed by atoms with van der Waals surface area (Å²) in [5.74, 6) is 0.592. The van der Waals surface area contributed by atoms with Crippen molar-refractivity contribution in [2.24, 2.45) is 7.05 Å². The van der Waals surface area contributed by atoms with Crippen LogP contribution in [0, 0.1) is 0 Å². The Morgan fingerprint density at radius 1 is 1.50 bits per heavy atom. The first-order valence-corrected chi connectivity index (χ1v) is 4.18. The number of nitrogens with zero attached hydrogens (tertiary/aromatic N) is 4. The number of rotatable bonds is 1. The number of fused-ring (bicyclic) bond motifs is 1. The Labute approximate surface area is 80.2 Å². The second-order valence-corrected chi connectivity index (χ2v) is 3.27. The summed E-state index contributed by atoms with van der Waals surface area (Å²) >= 11 is 0. The van der Waals surface area contributed by atoms with Crippen LogP contribution in [0.25, 0.3) is 11.2 Å². The van der Waals surface area contributed by atoms with E-state index < -0.39 is 0 Å². The van der Waals surface area contributed by atoms with Crippen LogP contribution in [-0.4, -0.2) is 33.6 Å². The predicted octanol–water partition coefficient (Wildman–Crippen LogP) is -0.277. The second kappa shape index (κ2) is 2.83. The maximum atomic E-state index is 11.5. The van der Waals surface area contributed by atoms with Gasteiger partial charge in [-0.1, -0.05) is 0 Å². The molecule has 0 saturated carbocycles. The summed E-state index contributed by atoms with van der Waals surface area (Å²) in [4.78, 5) is 24.0. The van der Waals surface area contributed by atoms with E-state index >= 15 is 0 Å². The molecular formula is C8H11N5O. The Kier molecular flexibility index (Phi) is 1.77. The summed E-state index contributed by atoms with van der Waals surface area (Å²) < 4.78 is 1.77. The largest absolute Gasteiger partial charge is 0.348 e. The molecule has 2 aromatic rings. The van der Waals surface area contributed by atoms with E-state index in [2.05, 4.69) is 15.0 Å². The fraction of sp³-hybridized carbons (Fsp3) is 0.375. The van der Waals surface area contributed by atoms with Gasteiger partial charge in [0.1, 0.15) is 0 Å². The van der Waals surface area contributed by atoms with Gasteiger partial charge < -0.3 is 9.88 Å². The highest BCUT2D eigenvalue weighted by atomic mass is 16.1. The van der Waals surface area contributed by atoms with Crippen molar-refractivity contribution in [2.45, 2.75) is 0 Å². The van der Waals surface area contributed by atoms with Crippen molar-refractivity contribution in [1.82, 2.24) is 19.5 Å². The minimum atomic E-state index is -0.278. The number of aromatic amines is 1. The van der Waals surface area contributed by atoms with E-state index in [1.165, 1.54) is 6.33 Å². The molecule has 0 radical (unpaired) electrons. The van der Waals surface area contributed by atoms with Gasteiger partial charge in [0.05, 0.1) is 6.33 Å². The number of anilines is 1. The number of imidazole rings is 1. The van der Waals surface area contributed by atoms with Gasteiger partial charge in [-0.25, -0.2) is 4.98 Å². The summed E-state index contributed by atoms with van der Waals surface area (Å²) in [6, 6.07) is 0. The first kappa shape index (κ1) is 8.74. The van der Waals surface area contributed by atoms with E-state index in [-0.39, 0.29) is 5.56 Å². The second-order valence-electron chi connectivity index (χ2n) is 3.27. The molecule has 0 aliphatic carbocycles. The number of H-pyrrole nitrogens is 1. The predicted molar refractivity (Wildman–Crippen MR) is 53.5 cm³/mol. The molecule has 0 aromatic carbocycles. The Hall–Kier alpha value is -1.85. The SMILES string of the molecule is CN(C)c1nc(=O)c2[nH]cnc2n1C. The summed E-state index contributed by atoms with van der Waals surface area (Å²) in [5, 5.41) is 0. The van der Waals surface area contributed by atoms with Crippen molar-refractivity contribution in [3.8, 4) is 0 Å². The minimum Gasteiger partial charge on any atom is -0.348 e. The van der Waals surface area contributed by atoms with Crippen LogP contribution in [0.1, 0.15) is 0 Å². The van der Waals surface area contributed by atoms with Gasteiger partial charge in [-0.15, -0.1) is 0 Å². The molecule has 2 aromatic heterocycles. The molecule has 0 aliphatic heterocycles. The zero-order valence-corrected chi connectivity index (χ0v) is 8.27. The standard InChI is InChI=1S/C8H11N5O/c1-12(2)8-11-7(14)5-6(13(8)3)10-4-9-5/h4H,1-3H3,(H,9,10). The number of aryl methyl sites for hydroxylation is 1. The Balaban J connectivity index is 2.89. The van der Waals surface area contributed by atoms with Crippen molar-refractivity contribution in [3.05, 3.63) is 16.7 Å². The van der Waals surface area contributed by atoms with Gasteiger partial charge >= 0.3 is 5.56 Å². The van der Waals surface area contributed by atoms with Gasteiger partial charge in [-0.05, 0) is 0 Å². The molecule has 2 heterocycles. The molecular weight excluding hydrogens is 182 g/mol. The monoisotopic (exact) mass is 193 g/mol. The molecule has 14 heavy (non-hydrogen) atoms. The van der Waals surface area contributed by atoms with E-state index in [1.54, 1.807) is 9.47 Å². The van der Waals surface area contributed by atoms with E-state index in [1.807, 2.05) is 21.1 Å². The highest BCUT2D eigenvalue weighted by Crippen LogP contribution is 2.09. The molecule has 2 rings (SSSR count). The van der Waals surface area contributed by atoms with Crippen molar-refractivity contribution >= 4 is 17.1 Å². The number of hydrogen-bond donors (Lipinski definition) is 1. The lowest BCUT2D eigenvalue weighted by Crippen LogP contribution is -2.22. The molecule has 0 unspecified atom stereocenters. The smallest absolute Gasteiger partial charge is 0.300 e. The maximum Gasteiger partial charge on any atom is 0.300 e. The van der Waals surface area contributed by atoms with Crippen LogP contribution in [0.4, 0.5) is 5.95 Å². The summed E-state index contributed by atoms with van der Waals surface area (Å²) in [6.07, 6.45) is 1.49. The molecule has 6 nitrogen and oxygen atoms in total. The molecule has 74 valence electrons. The molecule has 6 heteroatoms. The van der Waals surface area contributed by atoms with Gasteiger partial charge in [0.2, 0.25) is 5.95 Å². The maximum absolute atomic E-state index is 11.5. The van der Waals surface area contributed by atoms with Gasteiger partial charge in [0.15, 0.2) is 11.2 Å². The molecule has 0 aliphatic rings. The molecule has 1 N–H and O–H groups in total. The lowest BCUT2D eigenvalue weighted by molar-refractivity contribution is 0.843. The molecule has 0 amide bonds. The zero-order valence-electron chi connectivity index (χ0n) is 8.27. The highest BCUT2D eigenvalue weighted by Gasteiger charge is 2.10. The van der Waals surface area contributed by atoms with Gasteiger partial charge in [0.25, 0.3) is 0 Å². The third kappa shape index (κ3) is 1.07. The van der Waals surface area contributed by atoms with Crippen LogP contribution in [0.3, 0.4) is 0 Å². The first-order chi connectivity index (χ1) is 6.61. The van der Waals surface area contributed by atoms with Crippen LogP contribution in [-0.2, 0) is 7.05 Å². The van der Waals surface area contributed by atoms with E-state index in [0.29, 0.717) is 17.1 Å². The van der Waals surface area contributed by atoms with Crippen molar-refractivity contribution in [3.63, 3.8) is 0 Å². The van der Waals surface area contributed by atoms with Crippen molar-refractivity contribution in [2.75, 3.05) is 19.0 Å². The summed E-state index contributed by atoms with van der Waals surface area (Å²) in [7, 11) is 5.49. The molecule has 0 atom stereocenters. The zero-order chi connectivity index (χ0) is 10.3. The van der Waals surface area contributed by atoms with Gasteiger partial charge in [-0.2, -0.15) is 4.98 Å². The van der Waals surface area contributed by atoms with Crippen LogP contribution >= 0.6 is 0 Å². The first-order valence-electron chi connectivity index (χ1n) is 4.18. The number of nitrogens with one attached hydrogen (secondary N) is 1. The fourth-order valence-electron chi connectivity index (χ4n) is 1.42. The Morgan fingerprint density at radius 3 is 2.86 bits per heavy atom. The minimum absolute atomic E-state index is 0.278. The number of hydrogen-bond acceptors (Lipinski definition) is 4. The fourth-order valence-corrected chi connectivity index (χ4v) is 1.42. The lowest BCUT2D eigenvalue weighted by atomic mass is 10.5. The third-order valence-corrected chi connectivity index (χ3v) is 2.05. The quantitative estimate of drug-likeness (QED) is 0.676. The lowest BCUT2D eigenvalue weighted by Gasteiger charge is -2.14. The van der Waals surface area contributed by atoms with Gasteiger partial charge in [-0.3, -0.25) is 9.36 Å². The van der Waals surface area contributed by atoms with Crippen LogP contribution in [0.15, 0.2) is 11.1 Å². The van der Waals surface area contributed by atoms with Crippen LogP contribution < -0.4 is 10.5 Å². The molecule has 0 saturated heterocycles. The van der Waals surface area contributed by atoms with Gasteiger partial charge in [0, 0.05) is 21.1 Å². The van der Waals surface area contributed by atoms with Crippen molar-refractivity contribution in [1.29, 1.82) is 0 Å². The topological polar surface area (TPSA) is 66.8 Å².